The average molecular weight is 238 g/mol. The van der Waals surface area contributed by atoms with Gasteiger partial charge >= 0.3 is 0 Å². The van der Waals surface area contributed by atoms with Gasteiger partial charge in [-0.2, -0.15) is 0 Å². The van der Waals surface area contributed by atoms with E-state index in [0.717, 1.165) is 12.1 Å². The van der Waals surface area contributed by atoms with Crippen LogP contribution in [0.3, 0.4) is 0 Å². The van der Waals surface area contributed by atoms with Gasteiger partial charge in [0.1, 0.15) is 0 Å². The molecule has 0 radical (unpaired) electrons. The highest BCUT2D eigenvalue weighted by Crippen LogP contribution is 2.30. The average Bonchev–Trinajstić information content (AvgIpc) is 3.06. The van der Waals surface area contributed by atoms with E-state index in [-0.39, 0.29) is 0 Å². The normalized spacial score (nSPS) is 27.0. The summed E-state index contributed by atoms with van der Waals surface area (Å²) in [5.41, 5.74) is 0.540. The molecule has 17 heavy (non-hydrogen) atoms. The van der Waals surface area contributed by atoms with E-state index in [0.29, 0.717) is 5.41 Å². The van der Waals surface area contributed by atoms with Crippen LogP contribution in [-0.4, -0.2) is 36.6 Å². The second-order valence-corrected chi connectivity index (χ2v) is 6.96. The van der Waals surface area contributed by atoms with Gasteiger partial charge in [0, 0.05) is 18.6 Å². The molecule has 1 saturated carbocycles. The van der Waals surface area contributed by atoms with Crippen LogP contribution in [-0.2, 0) is 0 Å². The third-order valence-corrected chi connectivity index (χ3v) is 4.36. The lowest BCUT2D eigenvalue weighted by atomic mass is 9.83. The zero-order valence-electron chi connectivity index (χ0n) is 12.0. The highest BCUT2D eigenvalue weighted by molar-refractivity contribution is 4.83. The summed E-state index contributed by atoms with van der Waals surface area (Å²) in [5.74, 6) is 0. The van der Waals surface area contributed by atoms with E-state index in [1.54, 1.807) is 0 Å². The zero-order chi connectivity index (χ0) is 12.3. The fourth-order valence-corrected chi connectivity index (χ4v) is 3.02. The van der Waals surface area contributed by atoms with Crippen molar-refractivity contribution in [1.82, 2.24) is 10.2 Å². The van der Waals surface area contributed by atoms with E-state index >= 15 is 0 Å². The number of piperidine rings is 1. The number of nitrogens with zero attached hydrogens (tertiary/aromatic N) is 1. The number of nitrogens with one attached hydrogen (secondary N) is 1. The van der Waals surface area contributed by atoms with E-state index < -0.39 is 0 Å². The van der Waals surface area contributed by atoms with Crippen LogP contribution in [0.25, 0.3) is 0 Å². The molecule has 0 spiro atoms. The van der Waals surface area contributed by atoms with Gasteiger partial charge in [-0.3, -0.25) is 0 Å². The Morgan fingerprint density at radius 3 is 2.76 bits per heavy atom. The molecule has 0 aromatic carbocycles. The summed E-state index contributed by atoms with van der Waals surface area (Å²) < 4.78 is 0. The Balaban J connectivity index is 1.62. The highest BCUT2D eigenvalue weighted by atomic mass is 15.2. The summed E-state index contributed by atoms with van der Waals surface area (Å²) >= 11 is 0. The molecular weight excluding hydrogens is 208 g/mol. The van der Waals surface area contributed by atoms with Crippen molar-refractivity contribution < 1.29 is 0 Å². The van der Waals surface area contributed by atoms with Crippen LogP contribution in [0.4, 0.5) is 0 Å². The SMILES string of the molecule is CC(CCCNC1CC1)N1CCCC(C)(C)C1. The van der Waals surface area contributed by atoms with Crippen LogP contribution < -0.4 is 5.32 Å². The fraction of sp³-hybridized carbons (Fsp3) is 1.00. The molecule has 0 amide bonds. The third kappa shape index (κ3) is 4.59. The second-order valence-electron chi connectivity index (χ2n) is 6.96. The molecule has 2 nitrogen and oxygen atoms in total. The number of hydrogen-bond acceptors (Lipinski definition) is 2. The first-order chi connectivity index (χ1) is 8.07. The van der Waals surface area contributed by atoms with Gasteiger partial charge in [0.15, 0.2) is 0 Å². The van der Waals surface area contributed by atoms with Crippen molar-refractivity contribution in [2.75, 3.05) is 19.6 Å². The first kappa shape index (κ1) is 13.4. The molecule has 1 aliphatic carbocycles. The minimum absolute atomic E-state index is 0.540. The van der Waals surface area contributed by atoms with Gasteiger partial charge in [-0.15, -0.1) is 0 Å². The molecule has 1 heterocycles. The Kier molecular flexibility index (Phi) is 4.48. The molecule has 1 saturated heterocycles. The molecule has 2 heteroatoms. The maximum absolute atomic E-state index is 3.61. The summed E-state index contributed by atoms with van der Waals surface area (Å²) in [6, 6.07) is 1.65. The fourth-order valence-electron chi connectivity index (χ4n) is 3.02. The Hall–Kier alpha value is -0.0800. The minimum atomic E-state index is 0.540. The molecule has 2 fully saturated rings. The predicted octanol–water partition coefficient (Wildman–Crippen LogP) is 3.03. The number of rotatable bonds is 6. The van der Waals surface area contributed by atoms with Crippen LogP contribution in [0.15, 0.2) is 0 Å². The largest absolute Gasteiger partial charge is 0.314 e. The zero-order valence-corrected chi connectivity index (χ0v) is 12.0. The first-order valence-corrected chi connectivity index (χ1v) is 7.54. The van der Waals surface area contributed by atoms with Crippen LogP contribution in [0.5, 0.6) is 0 Å². The van der Waals surface area contributed by atoms with Crippen LogP contribution in [0.2, 0.25) is 0 Å². The second kappa shape index (κ2) is 5.71. The summed E-state index contributed by atoms with van der Waals surface area (Å²) in [5, 5.41) is 3.61. The molecule has 1 aliphatic heterocycles. The van der Waals surface area contributed by atoms with Gasteiger partial charge in [-0.1, -0.05) is 13.8 Å². The van der Waals surface area contributed by atoms with Crippen molar-refractivity contribution in [3.8, 4) is 0 Å². The van der Waals surface area contributed by atoms with Crippen LogP contribution in [0.1, 0.15) is 59.3 Å². The third-order valence-electron chi connectivity index (χ3n) is 4.36. The van der Waals surface area contributed by atoms with Crippen molar-refractivity contribution in [3.63, 3.8) is 0 Å². The molecule has 1 atom stereocenters. The summed E-state index contributed by atoms with van der Waals surface area (Å²) in [6.07, 6.45) is 8.31. The first-order valence-electron chi connectivity index (χ1n) is 7.54. The Morgan fingerprint density at radius 2 is 2.12 bits per heavy atom. The summed E-state index contributed by atoms with van der Waals surface area (Å²) in [6.45, 7) is 11.1. The van der Waals surface area contributed by atoms with E-state index in [9.17, 15) is 0 Å². The van der Waals surface area contributed by atoms with Crippen molar-refractivity contribution >= 4 is 0 Å². The minimum Gasteiger partial charge on any atom is -0.314 e. The van der Waals surface area contributed by atoms with Gasteiger partial charge in [0.25, 0.3) is 0 Å². The Morgan fingerprint density at radius 1 is 1.35 bits per heavy atom. The van der Waals surface area contributed by atoms with Crippen molar-refractivity contribution in [2.45, 2.75) is 71.4 Å². The molecule has 1 unspecified atom stereocenters. The summed E-state index contributed by atoms with van der Waals surface area (Å²) in [4.78, 5) is 2.71. The van der Waals surface area contributed by atoms with Crippen molar-refractivity contribution in [1.29, 1.82) is 0 Å². The quantitative estimate of drug-likeness (QED) is 0.716. The predicted molar refractivity (Wildman–Crippen MR) is 74.3 cm³/mol. The van der Waals surface area contributed by atoms with E-state index in [1.807, 2.05) is 0 Å². The molecule has 1 N–H and O–H groups in total. The van der Waals surface area contributed by atoms with Crippen molar-refractivity contribution in [3.05, 3.63) is 0 Å². The van der Waals surface area contributed by atoms with Gasteiger partial charge in [0.2, 0.25) is 0 Å². The van der Waals surface area contributed by atoms with E-state index in [2.05, 4.69) is 31.0 Å². The maximum atomic E-state index is 3.61. The van der Waals surface area contributed by atoms with E-state index in [4.69, 9.17) is 0 Å². The number of hydrogen-bond donors (Lipinski definition) is 1. The maximum Gasteiger partial charge on any atom is 0.00682 e. The molecule has 2 rings (SSSR count). The van der Waals surface area contributed by atoms with Gasteiger partial charge in [-0.25, -0.2) is 0 Å². The standard InChI is InChI=1S/C15H30N2/c1-13(6-4-10-16-14-7-8-14)17-11-5-9-15(2,3)12-17/h13-14,16H,4-12H2,1-3H3. The van der Waals surface area contributed by atoms with Gasteiger partial charge in [0.05, 0.1) is 0 Å². The molecule has 100 valence electrons. The van der Waals surface area contributed by atoms with Gasteiger partial charge in [-0.05, 0) is 64.0 Å². The lowest BCUT2D eigenvalue weighted by Gasteiger charge is -2.41. The molecule has 2 aliphatic rings. The highest BCUT2D eigenvalue weighted by Gasteiger charge is 2.28. The van der Waals surface area contributed by atoms with Gasteiger partial charge < -0.3 is 10.2 Å². The van der Waals surface area contributed by atoms with Crippen molar-refractivity contribution in [2.24, 2.45) is 5.41 Å². The molecule has 0 bridgehead atoms. The van der Waals surface area contributed by atoms with E-state index in [1.165, 1.54) is 58.2 Å². The molecule has 0 aromatic heterocycles. The summed E-state index contributed by atoms with van der Waals surface area (Å²) in [7, 11) is 0. The lowest BCUT2D eigenvalue weighted by Crippen LogP contribution is -2.44. The van der Waals surface area contributed by atoms with Crippen LogP contribution >= 0.6 is 0 Å². The molecule has 0 aromatic rings. The number of likely N-dealkylation sites (tertiary alicyclic amines) is 1. The molecular formula is C15H30N2. The smallest absolute Gasteiger partial charge is 0.00682 e. The topological polar surface area (TPSA) is 15.3 Å². The lowest BCUT2D eigenvalue weighted by molar-refractivity contribution is 0.0804. The van der Waals surface area contributed by atoms with Crippen LogP contribution in [0, 0.1) is 5.41 Å². The Labute approximate surface area is 107 Å². The Bertz CT molecular complexity index is 233. The monoisotopic (exact) mass is 238 g/mol.